The van der Waals surface area contributed by atoms with Crippen LogP contribution >= 0.6 is 0 Å². The summed E-state index contributed by atoms with van der Waals surface area (Å²) in [7, 11) is 0. The third-order valence-corrected chi connectivity index (χ3v) is 15.3. The van der Waals surface area contributed by atoms with Crippen LogP contribution in [0.1, 0.15) is 112 Å². The summed E-state index contributed by atoms with van der Waals surface area (Å²) in [6, 6.07) is 0. The minimum Gasteiger partial charge on any atom is -0.393 e. The minimum atomic E-state index is -1.10. The maximum Gasteiger partial charge on any atom is 0.159 e. The molecule has 0 aromatic carbocycles. The van der Waals surface area contributed by atoms with Gasteiger partial charge in [0.1, 0.15) is 17.8 Å². The van der Waals surface area contributed by atoms with Gasteiger partial charge in [-0.05, 0) is 129 Å². The SMILES string of the molecule is CC1CCOC(C2OC2C(C)(O)C(C)(C)CCC2=CCNC(N)=C2)(C2CCC3(O)C4=CC(=O)C5CC(O)CCC5(C)C4CCC23C)C1. The molecule has 47 heavy (non-hydrogen) atoms. The number of dihydropyridines is 1. The number of aliphatic hydroxyl groups is 3. The Bertz CT molecular complexity index is 1380. The molecule has 7 rings (SSSR count). The Morgan fingerprint density at radius 1 is 1.06 bits per heavy atom. The van der Waals surface area contributed by atoms with E-state index >= 15 is 0 Å². The maximum atomic E-state index is 13.7. The lowest BCUT2D eigenvalue weighted by Crippen LogP contribution is -2.63. The van der Waals surface area contributed by atoms with Crippen molar-refractivity contribution in [1.29, 1.82) is 0 Å². The van der Waals surface area contributed by atoms with Crippen LogP contribution in [0.2, 0.25) is 0 Å². The lowest BCUT2D eigenvalue weighted by Gasteiger charge is -2.61. The van der Waals surface area contributed by atoms with Gasteiger partial charge in [-0.15, -0.1) is 0 Å². The monoisotopic (exact) mass is 652 g/mol. The van der Waals surface area contributed by atoms with E-state index in [0.717, 1.165) is 63.5 Å². The molecule has 12 atom stereocenters. The Kier molecular flexibility index (Phi) is 8.01. The molecular formula is C39H60N2O6. The Morgan fingerprint density at radius 3 is 2.55 bits per heavy atom. The second-order valence-electron chi connectivity index (χ2n) is 18.1. The van der Waals surface area contributed by atoms with Crippen molar-refractivity contribution in [2.24, 2.45) is 45.7 Å². The van der Waals surface area contributed by atoms with Gasteiger partial charge in [0.2, 0.25) is 0 Å². The first-order valence-corrected chi connectivity index (χ1v) is 18.6. The molecule has 12 unspecified atom stereocenters. The summed E-state index contributed by atoms with van der Waals surface area (Å²) in [6.07, 6.45) is 13.6. The summed E-state index contributed by atoms with van der Waals surface area (Å²) >= 11 is 0. The quantitative estimate of drug-likeness (QED) is 0.241. The second kappa shape index (κ2) is 11.1. The molecule has 3 saturated carbocycles. The van der Waals surface area contributed by atoms with E-state index in [1.165, 1.54) is 5.57 Å². The van der Waals surface area contributed by atoms with Crippen molar-refractivity contribution in [2.45, 2.75) is 147 Å². The van der Waals surface area contributed by atoms with Crippen LogP contribution in [0.5, 0.6) is 0 Å². The fourth-order valence-corrected chi connectivity index (χ4v) is 11.7. The van der Waals surface area contributed by atoms with E-state index in [9.17, 15) is 20.1 Å². The van der Waals surface area contributed by atoms with Crippen molar-refractivity contribution < 1.29 is 29.6 Å². The first-order chi connectivity index (χ1) is 22.0. The predicted molar refractivity (Wildman–Crippen MR) is 181 cm³/mol. The van der Waals surface area contributed by atoms with Crippen LogP contribution < -0.4 is 11.1 Å². The molecule has 0 aromatic heterocycles. The van der Waals surface area contributed by atoms with Gasteiger partial charge in [0.15, 0.2) is 5.78 Å². The van der Waals surface area contributed by atoms with Gasteiger partial charge >= 0.3 is 0 Å². The molecule has 4 aliphatic carbocycles. The Labute approximate surface area is 281 Å². The van der Waals surface area contributed by atoms with E-state index in [0.29, 0.717) is 37.6 Å². The fourth-order valence-electron chi connectivity index (χ4n) is 11.7. The Morgan fingerprint density at radius 2 is 1.83 bits per heavy atom. The van der Waals surface area contributed by atoms with Crippen molar-refractivity contribution in [1.82, 2.24) is 5.32 Å². The molecule has 262 valence electrons. The first kappa shape index (κ1) is 33.8. The molecule has 6 N–H and O–H groups in total. The molecule has 3 heterocycles. The zero-order chi connectivity index (χ0) is 33.8. The molecule has 0 amide bonds. The van der Waals surface area contributed by atoms with E-state index in [2.05, 4.69) is 46.0 Å². The zero-order valence-corrected chi connectivity index (χ0v) is 29.6. The summed E-state index contributed by atoms with van der Waals surface area (Å²) in [6.45, 7) is 14.4. The fraction of sp³-hybridized carbons (Fsp3) is 0.821. The van der Waals surface area contributed by atoms with E-state index in [1.54, 1.807) is 6.08 Å². The van der Waals surface area contributed by atoms with Crippen molar-refractivity contribution in [3.05, 3.63) is 35.2 Å². The van der Waals surface area contributed by atoms with E-state index in [4.69, 9.17) is 15.2 Å². The molecular weight excluding hydrogens is 592 g/mol. The van der Waals surface area contributed by atoms with Gasteiger partial charge in [0, 0.05) is 24.5 Å². The van der Waals surface area contributed by atoms with Gasteiger partial charge in [-0.3, -0.25) is 4.79 Å². The van der Waals surface area contributed by atoms with Gasteiger partial charge in [-0.2, -0.15) is 0 Å². The average molecular weight is 653 g/mol. The minimum absolute atomic E-state index is 0.0281. The number of ketones is 1. The van der Waals surface area contributed by atoms with Crippen LogP contribution in [-0.4, -0.2) is 69.4 Å². The number of carbonyl (C=O) groups is 1. The summed E-state index contributed by atoms with van der Waals surface area (Å²) < 4.78 is 13.6. The number of carbonyl (C=O) groups excluding carboxylic acids is 1. The number of aliphatic hydroxyl groups excluding tert-OH is 1. The Hall–Kier alpha value is -1.71. The maximum absolute atomic E-state index is 13.7. The van der Waals surface area contributed by atoms with E-state index < -0.39 is 33.7 Å². The smallest absolute Gasteiger partial charge is 0.159 e. The molecule has 0 aromatic rings. The van der Waals surface area contributed by atoms with Crippen molar-refractivity contribution in [2.75, 3.05) is 13.2 Å². The third-order valence-electron chi connectivity index (χ3n) is 15.3. The van der Waals surface area contributed by atoms with Gasteiger partial charge in [0.05, 0.1) is 23.1 Å². The molecule has 2 saturated heterocycles. The highest BCUT2D eigenvalue weighted by Gasteiger charge is 2.75. The van der Waals surface area contributed by atoms with Crippen LogP contribution in [0.15, 0.2) is 35.2 Å². The lowest BCUT2D eigenvalue weighted by atomic mass is 9.45. The van der Waals surface area contributed by atoms with Gasteiger partial charge < -0.3 is 35.8 Å². The zero-order valence-electron chi connectivity index (χ0n) is 29.6. The number of nitrogens with two attached hydrogens (primary N) is 1. The topological polar surface area (TPSA) is 138 Å². The molecule has 5 fully saturated rings. The Balaban J connectivity index is 1.18. The normalized spacial score (nSPS) is 47.7. The van der Waals surface area contributed by atoms with Crippen molar-refractivity contribution >= 4 is 5.78 Å². The van der Waals surface area contributed by atoms with Crippen LogP contribution in [0.25, 0.3) is 0 Å². The van der Waals surface area contributed by atoms with Gasteiger partial charge in [0.25, 0.3) is 0 Å². The van der Waals surface area contributed by atoms with Gasteiger partial charge in [-0.1, -0.05) is 40.7 Å². The number of nitrogens with one attached hydrogen (secondary N) is 1. The van der Waals surface area contributed by atoms with Gasteiger partial charge in [-0.25, -0.2) is 0 Å². The average Bonchev–Trinajstić information content (AvgIpc) is 3.77. The highest BCUT2D eigenvalue weighted by molar-refractivity contribution is 5.95. The number of allylic oxidation sites excluding steroid dienone is 3. The molecule has 0 radical (unpaired) electrons. The second-order valence-corrected chi connectivity index (χ2v) is 18.1. The van der Waals surface area contributed by atoms with Crippen LogP contribution in [0, 0.1) is 39.9 Å². The number of ether oxygens (including phenoxy) is 2. The van der Waals surface area contributed by atoms with Crippen LogP contribution in [0.3, 0.4) is 0 Å². The largest absolute Gasteiger partial charge is 0.393 e. The summed E-state index contributed by atoms with van der Waals surface area (Å²) in [5, 5.41) is 38.9. The predicted octanol–water partition coefficient (Wildman–Crippen LogP) is 5.06. The highest BCUT2D eigenvalue weighted by atomic mass is 16.6. The summed E-state index contributed by atoms with van der Waals surface area (Å²) in [5.74, 6) is 1.20. The molecule has 0 spiro atoms. The van der Waals surface area contributed by atoms with E-state index in [1.807, 2.05) is 13.0 Å². The molecule has 8 heteroatoms. The molecule has 3 aliphatic heterocycles. The summed E-state index contributed by atoms with van der Waals surface area (Å²) in [4.78, 5) is 13.7. The number of fused-ring (bicyclic) bond motifs is 5. The lowest BCUT2D eigenvalue weighted by molar-refractivity contribution is -0.193. The number of hydrogen-bond donors (Lipinski definition) is 5. The summed E-state index contributed by atoms with van der Waals surface area (Å²) in [5.41, 5.74) is 4.18. The molecule has 0 bridgehead atoms. The number of hydrogen-bond acceptors (Lipinski definition) is 8. The van der Waals surface area contributed by atoms with Crippen LogP contribution in [0.4, 0.5) is 0 Å². The van der Waals surface area contributed by atoms with Crippen LogP contribution in [-0.2, 0) is 14.3 Å². The first-order valence-electron chi connectivity index (χ1n) is 18.6. The van der Waals surface area contributed by atoms with Crippen molar-refractivity contribution in [3.63, 3.8) is 0 Å². The highest BCUT2D eigenvalue weighted by Crippen LogP contribution is 2.71. The van der Waals surface area contributed by atoms with E-state index in [-0.39, 0.29) is 41.2 Å². The standard InChI is InChI=1S/C39H60N2O6/c1-23-12-18-46-38(22-23,33-32(47-33)37(6,44)34(2,3)13-7-24-11-17-41-31(40)19-24)30-10-16-39(45)27-21-29(43)28-20-25(42)8-14-35(28,4)26(27)9-15-36(30,39)5/h11,19,21,23,25-26,28,30,32-33,41-42,44-45H,7-10,12-18,20,22,40H2,1-6H3. The number of rotatable bonds is 7. The van der Waals surface area contributed by atoms with Crippen molar-refractivity contribution in [3.8, 4) is 0 Å². The third kappa shape index (κ3) is 4.97. The molecule has 8 nitrogen and oxygen atoms in total. The number of epoxide rings is 1. The molecule has 7 aliphatic rings.